The van der Waals surface area contributed by atoms with Gasteiger partial charge >= 0.3 is 6.18 Å². The lowest BCUT2D eigenvalue weighted by molar-refractivity contribution is -0.276. The molecule has 1 aliphatic heterocycles. The molecular formula is C16H18F3N5O. The number of nitrogens with zero attached hydrogens (tertiary/aromatic N) is 4. The van der Waals surface area contributed by atoms with Gasteiger partial charge in [0.2, 0.25) is 6.23 Å². The number of alkyl halides is 3. The second-order valence-electron chi connectivity index (χ2n) is 5.78. The fraction of sp³-hybridized carbons (Fsp3) is 0.375. The molecule has 0 amide bonds. The van der Waals surface area contributed by atoms with Gasteiger partial charge in [-0.1, -0.05) is 12.1 Å². The largest absolute Gasteiger partial charge is 0.430 e. The van der Waals surface area contributed by atoms with Crippen molar-refractivity contribution in [2.45, 2.75) is 25.1 Å². The van der Waals surface area contributed by atoms with Crippen LogP contribution in [0.3, 0.4) is 0 Å². The van der Waals surface area contributed by atoms with Crippen LogP contribution in [0.5, 0.6) is 0 Å². The van der Waals surface area contributed by atoms with Gasteiger partial charge in [0.1, 0.15) is 12.0 Å². The average Bonchev–Trinajstić information content (AvgIpc) is 2.89. The molecule has 1 N–H and O–H groups in total. The van der Waals surface area contributed by atoms with Gasteiger partial charge in [-0.3, -0.25) is 14.7 Å². The highest BCUT2D eigenvalue weighted by Gasteiger charge is 2.52. The van der Waals surface area contributed by atoms with Gasteiger partial charge in [-0.25, -0.2) is 4.98 Å². The molecule has 2 aromatic rings. The first kappa shape index (κ1) is 17.6. The van der Waals surface area contributed by atoms with Gasteiger partial charge in [-0.2, -0.15) is 18.2 Å². The summed E-state index contributed by atoms with van der Waals surface area (Å²) in [4.78, 5) is 14.4. The van der Waals surface area contributed by atoms with E-state index in [-0.39, 0.29) is 0 Å². The molecule has 0 bridgehead atoms. The molecule has 25 heavy (non-hydrogen) atoms. The predicted octanol–water partition coefficient (Wildman–Crippen LogP) is 2.78. The highest BCUT2D eigenvalue weighted by Crippen LogP contribution is 2.38. The third-order valence-corrected chi connectivity index (χ3v) is 3.93. The van der Waals surface area contributed by atoms with Crippen molar-refractivity contribution in [3.8, 4) is 0 Å². The first-order valence-electron chi connectivity index (χ1n) is 7.63. The van der Waals surface area contributed by atoms with Crippen LogP contribution in [0.25, 0.3) is 0 Å². The van der Waals surface area contributed by atoms with Crippen LogP contribution in [0.2, 0.25) is 0 Å². The summed E-state index contributed by atoms with van der Waals surface area (Å²) >= 11 is 0. The Morgan fingerprint density at radius 1 is 1.20 bits per heavy atom. The monoisotopic (exact) mass is 353 g/mol. The van der Waals surface area contributed by atoms with Crippen molar-refractivity contribution in [1.29, 1.82) is 0 Å². The van der Waals surface area contributed by atoms with Crippen molar-refractivity contribution >= 4 is 5.82 Å². The molecule has 1 saturated heterocycles. The second kappa shape index (κ2) is 6.95. The van der Waals surface area contributed by atoms with Crippen molar-refractivity contribution < 1.29 is 18.0 Å². The molecule has 0 aliphatic carbocycles. The maximum atomic E-state index is 13.0. The van der Waals surface area contributed by atoms with E-state index in [1.54, 1.807) is 30.7 Å². The van der Waals surface area contributed by atoms with Gasteiger partial charge < -0.3 is 5.32 Å². The van der Waals surface area contributed by atoms with Crippen LogP contribution >= 0.6 is 0 Å². The summed E-state index contributed by atoms with van der Waals surface area (Å²) in [5.41, 5.74) is 1.62. The van der Waals surface area contributed by atoms with Gasteiger partial charge in [-0.15, -0.1) is 0 Å². The van der Waals surface area contributed by atoms with Crippen molar-refractivity contribution in [2.75, 3.05) is 19.4 Å². The quantitative estimate of drug-likeness (QED) is 0.912. The summed E-state index contributed by atoms with van der Waals surface area (Å²) in [5.74, 6) is 0.629. The number of aromatic nitrogens is 2. The second-order valence-corrected chi connectivity index (χ2v) is 5.78. The van der Waals surface area contributed by atoms with Crippen LogP contribution in [0.1, 0.15) is 17.3 Å². The zero-order chi connectivity index (χ0) is 18.0. The molecule has 0 aromatic carbocycles. The first-order chi connectivity index (χ1) is 11.9. The number of pyridine rings is 2. The average molecular weight is 353 g/mol. The molecule has 6 nitrogen and oxygen atoms in total. The molecule has 1 fully saturated rings. The fourth-order valence-corrected chi connectivity index (χ4v) is 2.77. The van der Waals surface area contributed by atoms with Crippen LogP contribution < -0.4 is 5.32 Å². The van der Waals surface area contributed by atoms with E-state index in [0.29, 0.717) is 17.9 Å². The highest BCUT2D eigenvalue weighted by molar-refractivity contribution is 5.37. The van der Waals surface area contributed by atoms with E-state index in [0.717, 1.165) is 10.5 Å². The van der Waals surface area contributed by atoms with Crippen LogP contribution in [-0.2, 0) is 11.4 Å². The van der Waals surface area contributed by atoms with Crippen LogP contribution in [0.15, 0.2) is 42.9 Å². The summed E-state index contributed by atoms with van der Waals surface area (Å²) in [6.07, 6.45) is -2.10. The zero-order valence-corrected chi connectivity index (χ0v) is 13.7. The number of anilines is 1. The van der Waals surface area contributed by atoms with E-state index in [1.165, 1.54) is 19.2 Å². The molecule has 0 saturated carbocycles. The molecule has 0 radical (unpaired) electrons. The Morgan fingerprint density at radius 2 is 2.00 bits per heavy atom. The zero-order valence-electron chi connectivity index (χ0n) is 13.7. The molecule has 2 unspecified atom stereocenters. The molecule has 9 heteroatoms. The molecule has 3 heterocycles. The number of nitrogens with one attached hydrogen (secondary N) is 1. The Kier molecular flexibility index (Phi) is 4.89. The normalized spacial score (nSPS) is 22.3. The lowest BCUT2D eigenvalue weighted by Gasteiger charge is -2.24. The van der Waals surface area contributed by atoms with Gasteiger partial charge in [0.15, 0.2) is 0 Å². The Morgan fingerprint density at radius 3 is 2.56 bits per heavy atom. The number of hydroxylamine groups is 2. The summed E-state index contributed by atoms with van der Waals surface area (Å²) in [5, 5.41) is 4.34. The van der Waals surface area contributed by atoms with Crippen LogP contribution in [0, 0.1) is 0 Å². The molecule has 1 aliphatic rings. The minimum atomic E-state index is -4.46. The predicted molar refractivity (Wildman–Crippen MR) is 85.0 cm³/mol. The molecular weight excluding hydrogens is 335 g/mol. The summed E-state index contributed by atoms with van der Waals surface area (Å²) in [7, 11) is 2.85. The van der Waals surface area contributed by atoms with Gasteiger partial charge in [-0.05, 0) is 24.7 Å². The first-order valence-corrected chi connectivity index (χ1v) is 7.63. The van der Waals surface area contributed by atoms with Gasteiger partial charge in [0.05, 0.1) is 0 Å². The van der Waals surface area contributed by atoms with E-state index < -0.39 is 18.6 Å². The minimum absolute atomic E-state index is 0.558. The van der Waals surface area contributed by atoms with Crippen molar-refractivity contribution in [2.24, 2.45) is 0 Å². The Balaban J connectivity index is 1.68. The number of halogens is 3. The molecule has 3 rings (SSSR count). The summed E-state index contributed by atoms with van der Waals surface area (Å²) < 4.78 is 38.9. The number of rotatable bonds is 4. The smallest absolute Gasteiger partial charge is 0.366 e. The van der Waals surface area contributed by atoms with Gasteiger partial charge in [0.25, 0.3) is 0 Å². The Hall–Kier alpha value is -2.23. The lowest BCUT2D eigenvalue weighted by Crippen LogP contribution is -2.40. The SMILES string of the molecule is CN1OC(C(F)(F)F)N(C)C1c1ccc(NCc2cccnc2)nc1. The third-order valence-electron chi connectivity index (χ3n) is 3.93. The maximum Gasteiger partial charge on any atom is 0.430 e. The fourth-order valence-electron chi connectivity index (χ4n) is 2.77. The van der Waals surface area contributed by atoms with Crippen molar-refractivity contribution in [3.05, 3.63) is 54.0 Å². The standard InChI is InChI=1S/C16H18F3N5O/c1-23-14(24(2)25-15(23)16(17,18)19)12-5-6-13(22-10-12)21-9-11-4-3-7-20-8-11/h3-8,10,14-15H,9H2,1-2H3,(H,21,22). The number of hydrogen-bond acceptors (Lipinski definition) is 6. The van der Waals surface area contributed by atoms with E-state index in [2.05, 4.69) is 15.3 Å². The topological polar surface area (TPSA) is 53.5 Å². The number of hydrogen-bond donors (Lipinski definition) is 1. The molecule has 134 valence electrons. The van der Waals surface area contributed by atoms with E-state index in [4.69, 9.17) is 4.84 Å². The van der Waals surface area contributed by atoms with E-state index >= 15 is 0 Å². The van der Waals surface area contributed by atoms with Crippen LogP contribution in [0.4, 0.5) is 19.0 Å². The van der Waals surface area contributed by atoms with Gasteiger partial charge in [0, 0.05) is 37.7 Å². The van der Waals surface area contributed by atoms with Crippen molar-refractivity contribution in [1.82, 2.24) is 19.9 Å². The maximum absolute atomic E-state index is 13.0. The third kappa shape index (κ3) is 3.89. The Labute approximate surface area is 143 Å². The lowest BCUT2D eigenvalue weighted by atomic mass is 10.2. The molecule has 2 atom stereocenters. The van der Waals surface area contributed by atoms with E-state index in [1.807, 2.05) is 12.1 Å². The highest BCUT2D eigenvalue weighted by atomic mass is 19.4. The minimum Gasteiger partial charge on any atom is -0.366 e. The van der Waals surface area contributed by atoms with E-state index in [9.17, 15) is 13.2 Å². The molecule has 0 spiro atoms. The van der Waals surface area contributed by atoms with Crippen LogP contribution in [-0.4, -0.2) is 46.4 Å². The summed E-state index contributed by atoms with van der Waals surface area (Å²) in [6, 6.07) is 7.24. The summed E-state index contributed by atoms with van der Waals surface area (Å²) in [6.45, 7) is 0.558. The van der Waals surface area contributed by atoms with Crippen molar-refractivity contribution in [3.63, 3.8) is 0 Å². The Bertz CT molecular complexity index is 695. The molecule has 2 aromatic heterocycles.